The molecule has 0 aliphatic heterocycles. The molecule has 0 aromatic heterocycles. The molecule has 0 atom stereocenters. The van der Waals surface area contributed by atoms with Crippen LogP contribution in [0.2, 0.25) is 0 Å². The van der Waals surface area contributed by atoms with Crippen molar-refractivity contribution in [1.29, 1.82) is 0 Å². The summed E-state index contributed by atoms with van der Waals surface area (Å²) in [5, 5.41) is 0. The van der Waals surface area contributed by atoms with Gasteiger partial charge in [0.15, 0.2) is 0 Å². The van der Waals surface area contributed by atoms with Crippen LogP contribution in [-0.2, 0) is 11.2 Å². The van der Waals surface area contributed by atoms with Crippen LogP contribution in [0.1, 0.15) is 18.4 Å². The molecule has 2 nitrogen and oxygen atoms in total. The van der Waals surface area contributed by atoms with E-state index in [0.29, 0.717) is 0 Å². The van der Waals surface area contributed by atoms with E-state index in [0.717, 1.165) is 25.0 Å². The van der Waals surface area contributed by atoms with E-state index in [4.69, 9.17) is 9.47 Å². The lowest BCUT2D eigenvalue weighted by molar-refractivity contribution is 0.336. The number of aryl methyl sites for hydroxylation is 1. The first-order chi connectivity index (χ1) is 7.36. The molecule has 15 heavy (non-hydrogen) atoms. The first kappa shape index (κ1) is 11.6. The van der Waals surface area contributed by atoms with Gasteiger partial charge in [-0.2, -0.15) is 0 Å². The maximum Gasteiger partial charge on any atom is 0.118 e. The smallest absolute Gasteiger partial charge is 0.118 e. The van der Waals surface area contributed by atoms with Gasteiger partial charge in [-0.15, -0.1) is 0 Å². The highest BCUT2D eigenvalue weighted by Crippen LogP contribution is 2.13. The Balaban J connectivity index is 2.28. The number of hydrogen-bond donors (Lipinski definition) is 0. The molecule has 1 aromatic rings. The van der Waals surface area contributed by atoms with Crippen LogP contribution in [0.3, 0.4) is 0 Å². The lowest BCUT2D eigenvalue weighted by Gasteiger charge is -2.02. The molecule has 0 amide bonds. The highest BCUT2D eigenvalue weighted by atomic mass is 16.5. The second-order valence-electron chi connectivity index (χ2n) is 3.35. The second kappa shape index (κ2) is 6.93. The molecular formula is C13H18O2. The van der Waals surface area contributed by atoms with Crippen molar-refractivity contribution < 1.29 is 9.47 Å². The molecule has 0 saturated carbocycles. The second-order valence-corrected chi connectivity index (χ2v) is 3.35. The predicted molar refractivity (Wildman–Crippen MR) is 62.1 cm³/mol. The largest absolute Gasteiger partial charge is 0.505 e. The van der Waals surface area contributed by atoms with Gasteiger partial charge in [0.1, 0.15) is 5.75 Å². The zero-order chi connectivity index (χ0) is 10.9. The van der Waals surface area contributed by atoms with E-state index in [-0.39, 0.29) is 0 Å². The van der Waals surface area contributed by atoms with Gasteiger partial charge in [0.2, 0.25) is 0 Å². The summed E-state index contributed by atoms with van der Waals surface area (Å²) in [5.74, 6) is 0.915. The Bertz CT molecular complexity index is 288. The minimum absolute atomic E-state index is 0.915. The van der Waals surface area contributed by atoms with Gasteiger partial charge in [-0.05, 0) is 43.0 Å². The fourth-order valence-electron chi connectivity index (χ4n) is 1.38. The number of rotatable bonds is 6. The zero-order valence-corrected chi connectivity index (χ0v) is 9.40. The number of benzene rings is 1. The van der Waals surface area contributed by atoms with E-state index in [9.17, 15) is 0 Å². The fraction of sp³-hybridized carbons (Fsp3) is 0.385. The standard InChI is InChI=1S/C13H18O2/c1-14-11-5-3-4-6-12-7-9-13(15-2)10-8-12/h5,7-11H,3-4,6H2,1-2H3/b11-5+. The Morgan fingerprint density at radius 2 is 1.87 bits per heavy atom. The third-order valence-corrected chi connectivity index (χ3v) is 2.23. The molecule has 0 bridgehead atoms. The SMILES string of the molecule is CO/C=C/CCCc1ccc(OC)cc1. The fourth-order valence-corrected chi connectivity index (χ4v) is 1.38. The first-order valence-corrected chi connectivity index (χ1v) is 5.17. The maximum atomic E-state index is 5.10. The summed E-state index contributed by atoms with van der Waals surface area (Å²) in [7, 11) is 3.35. The molecule has 0 unspecified atom stereocenters. The van der Waals surface area contributed by atoms with Crippen molar-refractivity contribution in [3.8, 4) is 5.75 Å². The highest BCUT2D eigenvalue weighted by molar-refractivity contribution is 5.27. The van der Waals surface area contributed by atoms with Gasteiger partial charge in [0.05, 0.1) is 20.5 Å². The van der Waals surface area contributed by atoms with Crippen molar-refractivity contribution in [2.24, 2.45) is 0 Å². The van der Waals surface area contributed by atoms with E-state index in [1.165, 1.54) is 5.56 Å². The number of methoxy groups -OCH3 is 2. The van der Waals surface area contributed by atoms with Gasteiger partial charge in [-0.3, -0.25) is 0 Å². The quantitative estimate of drug-likeness (QED) is 0.525. The van der Waals surface area contributed by atoms with Crippen LogP contribution in [0.25, 0.3) is 0 Å². The van der Waals surface area contributed by atoms with Crippen LogP contribution in [0.4, 0.5) is 0 Å². The summed E-state index contributed by atoms with van der Waals surface area (Å²) in [6.07, 6.45) is 7.07. The van der Waals surface area contributed by atoms with Crippen LogP contribution in [-0.4, -0.2) is 14.2 Å². The molecule has 1 rings (SSSR count). The maximum absolute atomic E-state index is 5.10. The zero-order valence-electron chi connectivity index (χ0n) is 9.40. The predicted octanol–water partition coefficient (Wildman–Crippen LogP) is 3.18. The van der Waals surface area contributed by atoms with Crippen molar-refractivity contribution in [2.75, 3.05) is 14.2 Å². The molecule has 0 radical (unpaired) electrons. The molecule has 0 heterocycles. The Hall–Kier alpha value is -1.44. The van der Waals surface area contributed by atoms with Crippen molar-refractivity contribution in [2.45, 2.75) is 19.3 Å². The van der Waals surface area contributed by atoms with Gasteiger partial charge in [-0.1, -0.05) is 12.1 Å². The van der Waals surface area contributed by atoms with Crippen LogP contribution in [0.5, 0.6) is 5.75 Å². The Kier molecular flexibility index (Phi) is 5.38. The van der Waals surface area contributed by atoms with Crippen LogP contribution in [0.15, 0.2) is 36.6 Å². The number of ether oxygens (including phenoxy) is 2. The van der Waals surface area contributed by atoms with E-state index < -0.39 is 0 Å². The summed E-state index contributed by atoms with van der Waals surface area (Å²) in [4.78, 5) is 0. The molecule has 82 valence electrons. The van der Waals surface area contributed by atoms with Crippen LogP contribution < -0.4 is 4.74 Å². The Morgan fingerprint density at radius 1 is 1.13 bits per heavy atom. The molecular weight excluding hydrogens is 188 g/mol. The van der Waals surface area contributed by atoms with Gasteiger partial charge < -0.3 is 9.47 Å². The van der Waals surface area contributed by atoms with Gasteiger partial charge in [0.25, 0.3) is 0 Å². The van der Waals surface area contributed by atoms with Crippen molar-refractivity contribution in [1.82, 2.24) is 0 Å². The number of unbranched alkanes of at least 4 members (excludes halogenated alkanes) is 1. The minimum Gasteiger partial charge on any atom is -0.505 e. The van der Waals surface area contributed by atoms with E-state index in [2.05, 4.69) is 12.1 Å². The van der Waals surface area contributed by atoms with Crippen molar-refractivity contribution in [3.05, 3.63) is 42.2 Å². The molecule has 0 spiro atoms. The van der Waals surface area contributed by atoms with Crippen molar-refractivity contribution >= 4 is 0 Å². The molecule has 0 fully saturated rings. The van der Waals surface area contributed by atoms with Gasteiger partial charge in [-0.25, -0.2) is 0 Å². The van der Waals surface area contributed by atoms with Crippen LogP contribution >= 0.6 is 0 Å². The first-order valence-electron chi connectivity index (χ1n) is 5.17. The normalized spacial score (nSPS) is 10.5. The average Bonchev–Trinajstić information content (AvgIpc) is 2.30. The molecule has 0 N–H and O–H groups in total. The molecule has 0 saturated heterocycles. The lowest BCUT2D eigenvalue weighted by Crippen LogP contribution is -1.86. The topological polar surface area (TPSA) is 18.5 Å². The van der Waals surface area contributed by atoms with Crippen molar-refractivity contribution in [3.63, 3.8) is 0 Å². The summed E-state index contributed by atoms with van der Waals surface area (Å²) in [6.45, 7) is 0. The summed E-state index contributed by atoms with van der Waals surface area (Å²) in [5.41, 5.74) is 1.35. The average molecular weight is 206 g/mol. The highest BCUT2D eigenvalue weighted by Gasteiger charge is 1.93. The minimum atomic E-state index is 0.915. The summed E-state index contributed by atoms with van der Waals surface area (Å²) >= 11 is 0. The molecule has 0 aliphatic carbocycles. The van der Waals surface area contributed by atoms with Gasteiger partial charge >= 0.3 is 0 Å². The Morgan fingerprint density at radius 3 is 2.47 bits per heavy atom. The number of allylic oxidation sites excluding steroid dienone is 1. The monoisotopic (exact) mass is 206 g/mol. The molecule has 0 aliphatic rings. The summed E-state index contributed by atoms with van der Waals surface area (Å²) in [6, 6.07) is 8.22. The molecule has 1 aromatic carbocycles. The summed E-state index contributed by atoms with van der Waals surface area (Å²) < 4.78 is 9.93. The Labute approximate surface area is 91.5 Å². The molecule has 2 heteroatoms. The number of hydrogen-bond acceptors (Lipinski definition) is 2. The van der Waals surface area contributed by atoms with E-state index in [1.54, 1.807) is 20.5 Å². The lowest BCUT2D eigenvalue weighted by atomic mass is 10.1. The van der Waals surface area contributed by atoms with E-state index >= 15 is 0 Å². The third kappa shape index (κ3) is 4.54. The van der Waals surface area contributed by atoms with Gasteiger partial charge in [0, 0.05) is 0 Å². The van der Waals surface area contributed by atoms with Crippen LogP contribution in [0, 0.1) is 0 Å². The van der Waals surface area contributed by atoms with E-state index in [1.807, 2.05) is 18.2 Å². The third-order valence-electron chi connectivity index (χ3n) is 2.23.